The number of aromatic nitrogens is 1. The van der Waals surface area contributed by atoms with Crippen molar-refractivity contribution in [3.63, 3.8) is 0 Å². The number of pyridine rings is 1. The van der Waals surface area contributed by atoms with Gasteiger partial charge in [-0.05, 0) is 32.7 Å². The molecule has 1 aromatic heterocycles. The second-order valence-corrected chi connectivity index (χ2v) is 2.73. The van der Waals surface area contributed by atoms with Crippen LogP contribution in [-0.4, -0.2) is 17.5 Å². The van der Waals surface area contributed by atoms with Gasteiger partial charge >= 0.3 is 0 Å². The number of rotatable bonds is 2. The van der Waals surface area contributed by atoms with Gasteiger partial charge < -0.3 is 0 Å². The summed E-state index contributed by atoms with van der Waals surface area (Å²) in [7, 11) is 0. The van der Waals surface area contributed by atoms with E-state index in [2.05, 4.69) is 21.7 Å². The molecule has 0 N–H and O–H groups in total. The lowest BCUT2D eigenvalue weighted by molar-refractivity contribution is 1.29. The van der Waals surface area contributed by atoms with E-state index in [0.29, 0.717) is 5.84 Å². The zero-order valence-electron chi connectivity index (χ0n) is 8.44. The highest BCUT2D eigenvalue weighted by Gasteiger charge is 1.97. The lowest BCUT2D eigenvalue weighted by Gasteiger charge is -2.00. The number of allylic oxidation sites excluding steroid dienone is 1. The minimum Gasteiger partial charge on any atom is -0.264 e. The second-order valence-electron chi connectivity index (χ2n) is 2.73. The Morgan fingerprint density at radius 3 is 2.86 bits per heavy atom. The van der Waals surface area contributed by atoms with E-state index in [1.165, 1.54) is 0 Å². The second kappa shape index (κ2) is 5.07. The van der Waals surface area contributed by atoms with Crippen LogP contribution in [0.3, 0.4) is 0 Å². The molecule has 1 aromatic rings. The van der Waals surface area contributed by atoms with Crippen LogP contribution < -0.4 is 0 Å². The minimum absolute atomic E-state index is 0.655. The molecular weight excluding hydrogens is 174 g/mol. The van der Waals surface area contributed by atoms with Gasteiger partial charge in [-0.3, -0.25) is 4.98 Å². The van der Waals surface area contributed by atoms with E-state index < -0.39 is 0 Å². The molecule has 3 heteroatoms. The Kier molecular flexibility index (Phi) is 3.73. The molecule has 1 heterocycles. The molecule has 0 spiro atoms. The molecule has 0 aliphatic rings. The number of aliphatic imine (C=N–C) groups is 2. The van der Waals surface area contributed by atoms with Gasteiger partial charge in [0.2, 0.25) is 0 Å². The van der Waals surface area contributed by atoms with Gasteiger partial charge in [0.15, 0.2) is 0 Å². The molecule has 0 aromatic carbocycles. The molecule has 0 unspecified atom stereocenters. The van der Waals surface area contributed by atoms with Crippen LogP contribution in [0.4, 0.5) is 0 Å². The lowest BCUT2D eigenvalue weighted by atomic mass is 10.2. The van der Waals surface area contributed by atoms with Crippen molar-refractivity contribution < 1.29 is 0 Å². The van der Waals surface area contributed by atoms with Gasteiger partial charge in [0.1, 0.15) is 5.84 Å². The highest BCUT2D eigenvalue weighted by molar-refractivity contribution is 5.89. The van der Waals surface area contributed by atoms with Crippen molar-refractivity contribution >= 4 is 18.3 Å². The van der Waals surface area contributed by atoms with E-state index in [-0.39, 0.29) is 0 Å². The summed E-state index contributed by atoms with van der Waals surface area (Å²) in [6, 6.07) is 3.84. The van der Waals surface area contributed by atoms with Gasteiger partial charge in [0.25, 0.3) is 0 Å². The summed E-state index contributed by atoms with van der Waals surface area (Å²) in [5.74, 6) is 0.655. The van der Waals surface area contributed by atoms with Gasteiger partial charge in [-0.1, -0.05) is 6.08 Å². The molecule has 14 heavy (non-hydrogen) atoms. The molecule has 0 atom stereocenters. The molecule has 0 radical (unpaired) electrons. The largest absolute Gasteiger partial charge is 0.264 e. The van der Waals surface area contributed by atoms with E-state index in [0.717, 1.165) is 11.3 Å². The Balaban J connectivity index is 3.02. The first-order valence-electron chi connectivity index (χ1n) is 4.36. The van der Waals surface area contributed by atoms with Crippen LogP contribution in [0.15, 0.2) is 40.6 Å². The Morgan fingerprint density at radius 2 is 2.36 bits per heavy atom. The maximum atomic E-state index is 4.29. The third-order valence-corrected chi connectivity index (χ3v) is 1.74. The summed E-state index contributed by atoms with van der Waals surface area (Å²) >= 11 is 0. The lowest BCUT2D eigenvalue weighted by Crippen LogP contribution is -1.88. The molecule has 1 rings (SSSR count). The van der Waals surface area contributed by atoms with Gasteiger partial charge in [-0.15, -0.1) is 0 Å². The van der Waals surface area contributed by atoms with Gasteiger partial charge in [0.05, 0.1) is 5.70 Å². The smallest absolute Gasteiger partial charge is 0.125 e. The monoisotopic (exact) mass is 187 g/mol. The van der Waals surface area contributed by atoms with Crippen LogP contribution in [0, 0.1) is 0 Å². The molecule has 72 valence electrons. The van der Waals surface area contributed by atoms with E-state index in [4.69, 9.17) is 0 Å². The van der Waals surface area contributed by atoms with Crippen LogP contribution in [0.5, 0.6) is 0 Å². The Bertz CT molecular complexity index is 363. The molecule has 0 saturated carbocycles. The van der Waals surface area contributed by atoms with Crippen molar-refractivity contribution in [1.82, 2.24) is 4.98 Å². The van der Waals surface area contributed by atoms with Gasteiger partial charge in [0, 0.05) is 18.0 Å². The standard InChI is InChI=1S/C11H13N3/c1-4-11(14-9(2)12-3)10-6-5-7-13-8-10/h4-8H,3H2,1-2H3/b11-4-,14-9?. The summed E-state index contributed by atoms with van der Waals surface area (Å²) in [6.45, 7) is 7.16. The number of hydrogen-bond donors (Lipinski definition) is 0. The first-order valence-corrected chi connectivity index (χ1v) is 4.36. The maximum Gasteiger partial charge on any atom is 0.125 e. The average molecular weight is 187 g/mol. The zero-order valence-corrected chi connectivity index (χ0v) is 8.44. The first kappa shape index (κ1) is 10.3. The predicted octanol–water partition coefficient (Wildman–Crippen LogP) is 2.56. The Hall–Kier alpha value is -1.77. The summed E-state index contributed by atoms with van der Waals surface area (Å²) in [4.78, 5) is 12.1. The van der Waals surface area contributed by atoms with Crippen LogP contribution in [0.1, 0.15) is 19.4 Å². The molecular formula is C11H13N3. The van der Waals surface area contributed by atoms with Crippen LogP contribution >= 0.6 is 0 Å². The molecule has 0 aliphatic carbocycles. The molecule has 0 amide bonds. The third kappa shape index (κ3) is 2.62. The number of amidine groups is 1. The van der Waals surface area contributed by atoms with E-state index in [9.17, 15) is 0 Å². The van der Waals surface area contributed by atoms with Crippen LogP contribution in [0.2, 0.25) is 0 Å². The fourth-order valence-electron chi connectivity index (χ4n) is 1.02. The Morgan fingerprint density at radius 1 is 1.57 bits per heavy atom. The van der Waals surface area contributed by atoms with Gasteiger partial charge in [-0.25, -0.2) is 9.98 Å². The zero-order chi connectivity index (χ0) is 10.4. The van der Waals surface area contributed by atoms with Crippen molar-refractivity contribution in [1.29, 1.82) is 0 Å². The molecule has 0 aliphatic heterocycles. The molecule has 0 bridgehead atoms. The van der Waals surface area contributed by atoms with Crippen LogP contribution in [0.25, 0.3) is 5.70 Å². The van der Waals surface area contributed by atoms with Crippen LogP contribution in [-0.2, 0) is 0 Å². The fourth-order valence-corrected chi connectivity index (χ4v) is 1.02. The average Bonchev–Trinajstić information content (AvgIpc) is 2.26. The highest BCUT2D eigenvalue weighted by Crippen LogP contribution is 2.14. The van der Waals surface area contributed by atoms with E-state index >= 15 is 0 Å². The van der Waals surface area contributed by atoms with Crippen molar-refractivity contribution in [2.24, 2.45) is 9.98 Å². The van der Waals surface area contributed by atoms with Crippen molar-refractivity contribution in [3.8, 4) is 0 Å². The topological polar surface area (TPSA) is 37.6 Å². The fraction of sp³-hybridized carbons (Fsp3) is 0.182. The van der Waals surface area contributed by atoms with Crippen molar-refractivity contribution in [2.45, 2.75) is 13.8 Å². The molecule has 0 fully saturated rings. The quantitative estimate of drug-likeness (QED) is 0.518. The summed E-state index contributed by atoms with van der Waals surface area (Å²) in [5.41, 5.74) is 1.85. The van der Waals surface area contributed by atoms with E-state index in [1.54, 1.807) is 12.4 Å². The van der Waals surface area contributed by atoms with Crippen molar-refractivity contribution in [2.75, 3.05) is 0 Å². The Labute approximate surface area is 83.9 Å². The molecule has 3 nitrogen and oxygen atoms in total. The van der Waals surface area contributed by atoms with Crippen molar-refractivity contribution in [3.05, 3.63) is 36.2 Å². The summed E-state index contributed by atoms with van der Waals surface area (Å²) in [5, 5.41) is 0. The van der Waals surface area contributed by atoms with E-state index in [1.807, 2.05) is 32.1 Å². The predicted molar refractivity (Wildman–Crippen MR) is 60.5 cm³/mol. The number of hydrogen-bond acceptors (Lipinski definition) is 2. The third-order valence-electron chi connectivity index (χ3n) is 1.74. The number of nitrogens with zero attached hydrogens (tertiary/aromatic N) is 3. The summed E-state index contributed by atoms with van der Waals surface area (Å²) < 4.78 is 0. The normalized spacial score (nSPS) is 12.7. The summed E-state index contributed by atoms with van der Waals surface area (Å²) in [6.07, 6.45) is 5.43. The highest BCUT2D eigenvalue weighted by atomic mass is 14.9. The molecule has 0 saturated heterocycles. The SMILES string of the molecule is C=NC(C)=N/C(=C\C)c1cccnc1. The minimum atomic E-state index is 0.655. The van der Waals surface area contributed by atoms with Gasteiger partial charge in [-0.2, -0.15) is 0 Å². The first-order chi connectivity index (χ1) is 6.77. The maximum absolute atomic E-state index is 4.29.